The number of nitrogens with two attached hydrogens (primary N) is 1. The second-order valence-electron chi connectivity index (χ2n) is 3.70. The van der Waals surface area contributed by atoms with Gasteiger partial charge in [-0.1, -0.05) is 15.9 Å². The topological polar surface area (TPSA) is 55.1 Å². The first-order valence-corrected chi connectivity index (χ1v) is 5.97. The van der Waals surface area contributed by atoms with Crippen molar-refractivity contribution in [2.75, 3.05) is 11.1 Å². The molecule has 0 saturated heterocycles. The van der Waals surface area contributed by atoms with Crippen molar-refractivity contribution in [2.24, 2.45) is 0 Å². The Bertz CT molecular complexity index is 584. The van der Waals surface area contributed by atoms with Gasteiger partial charge in [-0.2, -0.15) is 0 Å². The standard InChI is InChI=1S/C13H10BrFN2O/c14-9-3-6-11(15)12(7-9)17-13(18)8-1-4-10(16)5-2-8/h1-7H,16H2,(H,17,18). The van der Waals surface area contributed by atoms with Gasteiger partial charge in [0.25, 0.3) is 5.91 Å². The molecule has 0 heterocycles. The summed E-state index contributed by atoms with van der Waals surface area (Å²) in [7, 11) is 0. The van der Waals surface area contributed by atoms with E-state index in [2.05, 4.69) is 21.2 Å². The van der Waals surface area contributed by atoms with Crippen LogP contribution in [0.25, 0.3) is 0 Å². The highest BCUT2D eigenvalue weighted by Crippen LogP contribution is 2.20. The number of carbonyl (C=O) groups excluding carboxylic acids is 1. The van der Waals surface area contributed by atoms with Gasteiger partial charge in [-0.05, 0) is 42.5 Å². The van der Waals surface area contributed by atoms with Crippen molar-refractivity contribution in [3.63, 3.8) is 0 Å². The third-order valence-corrected chi connectivity index (χ3v) is 2.84. The van der Waals surface area contributed by atoms with Gasteiger partial charge in [0, 0.05) is 15.7 Å². The molecule has 1 amide bonds. The lowest BCUT2D eigenvalue weighted by Gasteiger charge is -2.07. The van der Waals surface area contributed by atoms with E-state index < -0.39 is 5.82 Å². The molecular weight excluding hydrogens is 299 g/mol. The zero-order valence-corrected chi connectivity index (χ0v) is 10.9. The Morgan fingerprint density at radius 3 is 2.50 bits per heavy atom. The SMILES string of the molecule is Nc1ccc(C(=O)Nc2cc(Br)ccc2F)cc1. The van der Waals surface area contributed by atoms with Gasteiger partial charge in [0.15, 0.2) is 0 Å². The highest BCUT2D eigenvalue weighted by molar-refractivity contribution is 9.10. The van der Waals surface area contributed by atoms with Crippen LogP contribution in [0.2, 0.25) is 0 Å². The third-order valence-electron chi connectivity index (χ3n) is 2.35. The fourth-order valence-corrected chi connectivity index (χ4v) is 1.78. The fourth-order valence-electron chi connectivity index (χ4n) is 1.42. The summed E-state index contributed by atoms with van der Waals surface area (Å²) < 4.78 is 14.1. The van der Waals surface area contributed by atoms with Crippen molar-refractivity contribution in [3.8, 4) is 0 Å². The highest BCUT2D eigenvalue weighted by atomic mass is 79.9. The van der Waals surface area contributed by atoms with E-state index in [-0.39, 0.29) is 11.6 Å². The van der Waals surface area contributed by atoms with Gasteiger partial charge in [-0.15, -0.1) is 0 Å². The number of hydrogen-bond acceptors (Lipinski definition) is 2. The summed E-state index contributed by atoms with van der Waals surface area (Å²) in [6.45, 7) is 0. The molecule has 0 spiro atoms. The van der Waals surface area contributed by atoms with Gasteiger partial charge < -0.3 is 11.1 Å². The Morgan fingerprint density at radius 1 is 1.17 bits per heavy atom. The molecule has 0 aliphatic carbocycles. The Balaban J connectivity index is 2.21. The van der Waals surface area contributed by atoms with Gasteiger partial charge >= 0.3 is 0 Å². The first kappa shape index (κ1) is 12.6. The number of anilines is 2. The predicted molar refractivity (Wildman–Crippen MR) is 72.9 cm³/mol. The van der Waals surface area contributed by atoms with Crippen LogP contribution in [0, 0.1) is 5.82 Å². The number of amides is 1. The van der Waals surface area contributed by atoms with Crippen LogP contribution in [0.15, 0.2) is 46.9 Å². The van der Waals surface area contributed by atoms with Crippen LogP contribution in [0.1, 0.15) is 10.4 Å². The molecular formula is C13H10BrFN2O. The first-order chi connectivity index (χ1) is 8.56. The molecule has 0 fully saturated rings. The summed E-state index contributed by atoms with van der Waals surface area (Å²) in [6, 6.07) is 10.8. The van der Waals surface area contributed by atoms with Crippen LogP contribution in [-0.2, 0) is 0 Å². The lowest BCUT2D eigenvalue weighted by Crippen LogP contribution is -2.13. The van der Waals surface area contributed by atoms with Crippen LogP contribution in [0.5, 0.6) is 0 Å². The second kappa shape index (κ2) is 5.18. The molecule has 0 aromatic heterocycles. The Labute approximate surface area is 112 Å². The molecule has 2 aromatic rings. The van der Waals surface area contributed by atoms with Crippen LogP contribution in [-0.4, -0.2) is 5.91 Å². The molecule has 0 aliphatic rings. The smallest absolute Gasteiger partial charge is 0.255 e. The van der Waals surface area contributed by atoms with Crippen LogP contribution < -0.4 is 11.1 Å². The van der Waals surface area contributed by atoms with Gasteiger partial charge in [0.2, 0.25) is 0 Å². The van der Waals surface area contributed by atoms with Crippen LogP contribution in [0.3, 0.4) is 0 Å². The van der Waals surface area contributed by atoms with Crippen LogP contribution in [0.4, 0.5) is 15.8 Å². The van der Waals surface area contributed by atoms with E-state index in [0.29, 0.717) is 15.7 Å². The van der Waals surface area contributed by atoms with Crippen molar-refractivity contribution in [1.29, 1.82) is 0 Å². The maximum Gasteiger partial charge on any atom is 0.255 e. The lowest BCUT2D eigenvalue weighted by atomic mass is 10.2. The first-order valence-electron chi connectivity index (χ1n) is 5.18. The Kier molecular flexibility index (Phi) is 3.62. The summed E-state index contributed by atoms with van der Waals surface area (Å²) in [5, 5.41) is 2.50. The van der Waals surface area contributed by atoms with Crippen molar-refractivity contribution >= 4 is 33.2 Å². The third kappa shape index (κ3) is 2.87. The van der Waals surface area contributed by atoms with E-state index in [9.17, 15) is 9.18 Å². The molecule has 0 unspecified atom stereocenters. The monoisotopic (exact) mass is 308 g/mol. The zero-order chi connectivity index (χ0) is 13.1. The Morgan fingerprint density at radius 2 is 1.83 bits per heavy atom. The molecule has 0 radical (unpaired) electrons. The molecule has 0 bridgehead atoms. The molecule has 3 nitrogen and oxygen atoms in total. The minimum atomic E-state index is -0.484. The summed E-state index contributed by atoms with van der Waals surface area (Å²) in [5.74, 6) is -0.867. The molecule has 2 aromatic carbocycles. The molecule has 3 N–H and O–H groups in total. The van der Waals surface area contributed by atoms with E-state index in [1.165, 1.54) is 12.1 Å². The average Bonchev–Trinajstić information content (AvgIpc) is 2.34. The minimum Gasteiger partial charge on any atom is -0.399 e. The van der Waals surface area contributed by atoms with Crippen molar-refractivity contribution in [3.05, 3.63) is 58.3 Å². The summed E-state index contributed by atoms with van der Waals surface area (Å²) >= 11 is 3.22. The molecule has 5 heteroatoms. The maximum absolute atomic E-state index is 13.5. The fraction of sp³-hybridized carbons (Fsp3) is 0. The van der Waals surface area contributed by atoms with E-state index in [0.717, 1.165) is 0 Å². The van der Waals surface area contributed by atoms with E-state index in [1.54, 1.807) is 30.3 Å². The van der Waals surface area contributed by atoms with Gasteiger partial charge in [0.1, 0.15) is 5.82 Å². The summed E-state index contributed by atoms with van der Waals surface area (Å²) in [5.41, 5.74) is 6.65. The minimum absolute atomic E-state index is 0.131. The van der Waals surface area contributed by atoms with Gasteiger partial charge in [0.05, 0.1) is 5.69 Å². The largest absolute Gasteiger partial charge is 0.399 e. The summed E-state index contributed by atoms with van der Waals surface area (Å²) in [6.07, 6.45) is 0. The number of nitrogen functional groups attached to an aromatic ring is 1. The molecule has 0 aliphatic heterocycles. The highest BCUT2D eigenvalue weighted by Gasteiger charge is 2.09. The quantitative estimate of drug-likeness (QED) is 0.835. The van der Waals surface area contributed by atoms with E-state index in [1.807, 2.05) is 0 Å². The van der Waals surface area contributed by atoms with Crippen molar-refractivity contribution in [1.82, 2.24) is 0 Å². The number of hydrogen-bond donors (Lipinski definition) is 2. The van der Waals surface area contributed by atoms with Crippen molar-refractivity contribution in [2.45, 2.75) is 0 Å². The zero-order valence-electron chi connectivity index (χ0n) is 9.28. The van der Waals surface area contributed by atoms with Gasteiger partial charge in [-0.3, -0.25) is 4.79 Å². The number of rotatable bonds is 2. The Hall–Kier alpha value is -1.88. The maximum atomic E-state index is 13.5. The summed E-state index contributed by atoms with van der Waals surface area (Å²) in [4.78, 5) is 11.9. The molecule has 0 atom stereocenters. The number of halogens is 2. The number of nitrogens with one attached hydrogen (secondary N) is 1. The predicted octanol–water partition coefficient (Wildman–Crippen LogP) is 3.42. The molecule has 92 valence electrons. The molecule has 2 rings (SSSR count). The normalized spacial score (nSPS) is 10.1. The van der Waals surface area contributed by atoms with Crippen LogP contribution >= 0.6 is 15.9 Å². The average molecular weight is 309 g/mol. The second-order valence-corrected chi connectivity index (χ2v) is 4.62. The van der Waals surface area contributed by atoms with Gasteiger partial charge in [-0.25, -0.2) is 4.39 Å². The lowest BCUT2D eigenvalue weighted by molar-refractivity contribution is 0.102. The molecule has 0 saturated carbocycles. The molecule has 18 heavy (non-hydrogen) atoms. The number of carbonyl (C=O) groups is 1. The number of benzene rings is 2. The van der Waals surface area contributed by atoms with E-state index >= 15 is 0 Å². The van der Waals surface area contributed by atoms with E-state index in [4.69, 9.17) is 5.73 Å². The van der Waals surface area contributed by atoms with Crippen molar-refractivity contribution < 1.29 is 9.18 Å².